The molecule has 0 aliphatic carbocycles. The Balaban J connectivity index is 1.78. The maximum Gasteiger partial charge on any atom is 0.267 e. The highest BCUT2D eigenvalue weighted by atomic mass is 32.1. The summed E-state index contributed by atoms with van der Waals surface area (Å²) in [6.07, 6.45) is 0. The summed E-state index contributed by atoms with van der Waals surface area (Å²) in [6, 6.07) is 12.0. The van der Waals surface area contributed by atoms with E-state index in [-0.39, 0.29) is 5.91 Å². The van der Waals surface area contributed by atoms with Gasteiger partial charge in [0.05, 0.1) is 10.6 Å². The van der Waals surface area contributed by atoms with Crippen LogP contribution < -0.4 is 5.32 Å². The van der Waals surface area contributed by atoms with Crippen molar-refractivity contribution in [2.45, 2.75) is 26.7 Å². The number of hydrogen-bond donors (Lipinski definition) is 1. The van der Waals surface area contributed by atoms with Crippen molar-refractivity contribution in [3.63, 3.8) is 0 Å². The lowest BCUT2D eigenvalue weighted by Crippen LogP contribution is -2.11. The Hall–Kier alpha value is -1.98. The van der Waals surface area contributed by atoms with Crippen LogP contribution in [0.2, 0.25) is 0 Å². The molecule has 2 heterocycles. The van der Waals surface area contributed by atoms with Crippen molar-refractivity contribution in [3.05, 3.63) is 57.9 Å². The molecular weight excluding hydrogens is 324 g/mol. The summed E-state index contributed by atoms with van der Waals surface area (Å²) in [5, 5.41) is 5.88. The van der Waals surface area contributed by atoms with Crippen LogP contribution in [0.15, 0.2) is 41.8 Å². The Morgan fingerprint density at radius 1 is 1.17 bits per heavy atom. The second kappa shape index (κ2) is 6.64. The van der Waals surface area contributed by atoms with Crippen molar-refractivity contribution >= 4 is 34.3 Å². The topological polar surface area (TPSA) is 42.0 Å². The van der Waals surface area contributed by atoms with Crippen molar-refractivity contribution in [2.24, 2.45) is 0 Å². The molecule has 1 aromatic carbocycles. The fourth-order valence-corrected chi connectivity index (χ4v) is 4.01. The lowest BCUT2D eigenvalue weighted by Gasteiger charge is -2.08. The molecule has 0 aliphatic rings. The third-order valence-electron chi connectivity index (χ3n) is 3.57. The van der Waals surface area contributed by atoms with Gasteiger partial charge in [-0.25, -0.2) is 4.98 Å². The number of aromatic nitrogens is 1. The van der Waals surface area contributed by atoms with Crippen LogP contribution in [0.4, 0.5) is 5.69 Å². The summed E-state index contributed by atoms with van der Waals surface area (Å²) in [6.45, 7) is 6.19. The minimum atomic E-state index is -0.0971. The van der Waals surface area contributed by atoms with Gasteiger partial charge in [0.25, 0.3) is 5.91 Å². The molecule has 0 spiro atoms. The Morgan fingerprint density at radius 2 is 1.91 bits per heavy atom. The maximum atomic E-state index is 12.5. The lowest BCUT2D eigenvalue weighted by molar-refractivity contribution is 0.103. The number of thiazole rings is 1. The number of carbonyl (C=O) groups excluding carboxylic acids is 1. The first-order valence-corrected chi connectivity index (χ1v) is 9.17. The number of amides is 1. The smallest absolute Gasteiger partial charge is 0.267 e. The number of benzene rings is 1. The SMILES string of the molecule is Cc1nc(-c2cccs2)sc1C(=O)Nc1ccc(C(C)C)cc1. The predicted molar refractivity (Wildman–Crippen MR) is 98.6 cm³/mol. The van der Waals surface area contributed by atoms with E-state index >= 15 is 0 Å². The molecular formula is C18H18N2OS2. The van der Waals surface area contributed by atoms with Crippen LogP contribution in [-0.2, 0) is 0 Å². The van der Waals surface area contributed by atoms with Crippen LogP contribution in [0.1, 0.15) is 40.7 Å². The third-order valence-corrected chi connectivity index (χ3v) is 5.77. The maximum absolute atomic E-state index is 12.5. The standard InChI is InChI=1S/C18H18N2OS2/c1-11(2)13-6-8-14(9-7-13)20-17(21)16-12(3)19-18(23-16)15-5-4-10-22-15/h4-11H,1-3H3,(H,20,21). The highest BCUT2D eigenvalue weighted by Crippen LogP contribution is 2.31. The van der Waals surface area contributed by atoms with Gasteiger partial charge < -0.3 is 5.32 Å². The molecule has 0 unspecified atom stereocenters. The van der Waals surface area contributed by atoms with Crippen LogP contribution >= 0.6 is 22.7 Å². The molecule has 0 saturated heterocycles. The first-order chi connectivity index (χ1) is 11.0. The third kappa shape index (κ3) is 3.51. The quantitative estimate of drug-likeness (QED) is 0.675. The van der Waals surface area contributed by atoms with E-state index in [2.05, 4.69) is 36.3 Å². The van der Waals surface area contributed by atoms with Gasteiger partial charge in [-0.2, -0.15) is 0 Å². The Kier molecular flexibility index (Phi) is 4.59. The van der Waals surface area contributed by atoms with Crippen LogP contribution in [0, 0.1) is 6.92 Å². The van der Waals surface area contributed by atoms with E-state index in [9.17, 15) is 4.79 Å². The second-order valence-electron chi connectivity index (χ2n) is 5.64. The molecule has 5 heteroatoms. The van der Waals surface area contributed by atoms with Gasteiger partial charge in [0.1, 0.15) is 9.88 Å². The summed E-state index contributed by atoms with van der Waals surface area (Å²) in [4.78, 5) is 18.8. The van der Waals surface area contributed by atoms with Gasteiger partial charge in [0.15, 0.2) is 0 Å². The zero-order valence-electron chi connectivity index (χ0n) is 13.3. The highest BCUT2D eigenvalue weighted by molar-refractivity contribution is 7.22. The molecule has 0 saturated carbocycles. The molecule has 2 aromatic heterocycles. The molecule has 3 nitrogen and oxygen atoms in total. The average molecular weight is 342 g/mol. The number of thiophene rings is 1. The molecule has 0 fully saturated rings. The number of anilines is 1. The fraction of sp³-hybridized carbons (Fsp3) is 0.222. The number of nitrogens with one attached hydrogen (secondary N) is 1. The molecule has 0 bridgehead atoms. The van der Waals surface area contributed by atoms with Crippen molar-refractivity contribution in [3.8, 4) is 9.88 Å². The molecule has 23 heavy (non-hydrogen) atoms. The van der Waals surface area contributed by atoms with E-state index in [1.807, 2.05) is 36.6 Å². The first-order valence-electron chi connectivity index (χ1n) is 7.47. The summed E-state index contributed by atoms with van der Waals surface area (Å²) in [5.74, 6) is 0.386. The molecule has 0 aliphatic heterocycles. The van der Waals surface area contributed by atoms with Crippen LogP contribution in [-0.4, -0.2) is 10.9 Å². The minimum absolute atomic E-state index is 0.0971. The molecule has 3 aromatic rings. The van der Waals surface area contributed by atoms with E-state index in [0.29, 0.717) is 10.8 Å². The number of nitrogens with zero attached hydrogens (tertiary/aromatic N) is 1. The fourth-order valence-electron chi connectivity index (χ4n) is 2.25. The minimum Gasteiger partial charge on any atom is -0.321 e. The van der Waals surface area contributed by atoms with E-state index in [0.717, 1.165) is 21.3 Å². The summed E-state index contributed by atoms with van der Waals surface area (Å²) in [7, 11) is 0. The van der Waals surface area contributed by atoms with Gasteiger partial charge >= 0.3 is 0 Å². The summed E-state index contributed by atoms with van der Waals surface area (Å²) >= 11 is 3.07. The normalized spacial score (nSPS) is 11.0. The van der Waals surface area contributed by atoms with Crippen molar-refractivity contribution < 1.29 is 4.79 Å². The molecule has 1 amide bonds. The van der Waals surface area contributed by atoms with Crippen molar-refractivity contribution in [2.75, 3.05) is 5.32 Å². The molecule has 0 radical (unpaired) electrons. The highest BCUT2D eigenvalue weighted by Gasteiger charge is 2.16. The largest absolute Gasteiger partial charge is 0.321 e. The number of rotatable bonds is 4. The monoisotopic (exact) mass is 342 g/mol. The molecule has 3 rings (SSSR count). The van der Waals surface area contributed by atoms with E-state index in [1.165, 1.54) is 16.9 Å². The van der Waals surface area contributed by atoms with Gasteiger partial charge in [-0.15, -0.1) is 22.7 Å². The Labute approximate surface area is 144 Å². The van der Waals surface area contributed by atoms with E-state index in [4.69, 9.17) is 0 Å². The van der Waals surface area contributed by atoms with Gasteiger partial charge in [-0.3, -0.25) is 4.79 Å². The average Bonchev–Trinajstić information content (AvgIpc) is 3.16. The Morgan fingerprint density at radius 3 is 2.52 bits per heavy atom. The van der Waals surface area contributed by atoms with Crippen molar-refractivity contribution in [1.82, 2.24) is 4.98 Å². The van der Waals surface area contributed by atoms with Crippen molar-refractivity contribution in [1.29, 1.82) is 0 Å². The van der Waals surface area contributed by atoms with Crippen LogP contribution in [0.3, 0.4) is 0 Å². The van der Waals surface area contributed by atoms with Gasteiger partial charge in [-0.1, -0.05) is 32.0 Å². The number of hydrogen-bond acceptors (Lipinski definition) is 4. The zero-order valence-corrected chi connectivity index (χ0v) is 14.9. The van der Waals surface area contributed by atoms with E-state index in [1.54, 1.807) is 11.3 Å². The molecule has 1 N–H and O–H groups in total. The van der Waals surface area contributed by atoms with Crippen LogP contribution in [0.25, 0.3) is 9.88 Å². The number of carbonyl (C=O) groups is 1. The number of aryl methyl sites for hydroxylation is 1. The Bertz CT molecular complexity index is 802. The van der Waals surface area contributed by atoms with Crippen LogP contribution in [0.5, 0.6) is 0 Å². The van der Waals surface area contributed by atoms with Gasteiger partial charge in [0, 0.05) is 5.69 Å². The van der Waals surface area contributed by atoms with Gasteiger partial charge in [-0.05, 0) is 42.0 Å². The lowest BCUT2D eigenvalue weighted by atomic mass is 10.0. The molecule has 118 valence electrons. The summed E-state index contributed by atoms with van der Waals surface area (Å²) < 4.78 is 0. The van der Waals surface area contributed by atoms with Gasteiger partial charge in [0.2, 0.25) is 0 Å². The molecule has 0 atom stereocenters. The predicted octanol–water partition coefficient (Wildman–Crippen LogP) is 5.56. The van der Waals surface area contributed by atoms with E-state index < -0.39 is 0 Å². The zero-order chi connectivity index (χ0) is 16.4. The first kappa shape index (κ1) is 15.9. The summed E-state index contributed by atoms with van der Waals surface area (Å²) in [5.41, 5.74) is 2.84. The second-order valence-corrected chi connectivity index (χ2v) is 7.59.